The second kappa shape index (κ2) is 2.09. The molecule has 1 fully saturated rings. The van der Waals surface area contributed by atoms with E-state index in [1.54, 1.807) is 0 Å². The maximum Gasteiger partial charge on any atom is 0.322 e. The molecule has 1 aliphatic rings. The Kier molecular flexibility index (Phi) is 1.74. The van der Waals surface area contributed by atoms with Gasteiger partial charge in [0.1, 0.15) is 9.02 Å². The number of cyclic esters (lactones) is 1. The SMILES string of the molecule is CC1(C)CC(C)(I)C(=O)O1. The molecular weight excluding hydrogens is 243 g/mol. The van der Waals surface area contributed by atoms with Crippen LogP contribution < -0.4 is 0 Å². The first kappa shape index (κ1) is 8.30. The highest BCUT2D eigenvalue weighted by molar-refractivity contribution is 14.1. The molecular formula is C7H11IO2. The molecule has 58 valence electrons. The van der Waals surface area contributed by atoms with Crippen LogP contribution in [0.4, 0.5) is 0 Å². The summed E-state index contributed by atoms with van der Waals surface area (Å²) in [6.45, 7) is 5.79. The van der Waals surface area contributed by atoms with Crippen LogP contribution in [0.1, 0.15) is 27.2 Å². The van der Waals surface area contributed by atoms with Gasteiger partial charge < -0.3 is 4.74 Å². The molecule has 0 spiro atoms. The summed E-state index contributed by atoms with van der Waals surface area (Å²) in [6.07, 6.45) is 0.805. The molecule has 1 rings (SSSR count). The van der Waals surface area contributed by atoms with Crippen molar-refractivity contribution in [1.29, 1.82) is 0 Å². The summed E-state index contributed by atoms with van der Waals surface area (Å²) in [5, 5.41) is 0. The van der Waals surface area contributed by atoms with Crippen LogP contribution in [0.3, 0.4) is 0 Å². The number of ether oxygens (including phenoxy) is 1. The molecule has 0 aromatic carbocycles. The van der Waals surface area contributed by atoms with Gasteiger partial charge in [0.05, 0.1) is 0 Å². The third-order valence-electron chi connectivity index (χ3n) is 1.55. The smallest absolute Gasteiger partial charge is 0.322 e. The number of carbonyl (C=O) groups excluding carboxylic acids is 1. The lowest BCUT2D eigenvalue weighted by atomic mass is 9.99. The maximum absolute atomic E-state index is 11.1. The van der Waals surface area contributed by atoms with Crippen molar-refractivity contribution >= 4 is 28.6 Å². The van der Waals surface area contributed by atoms with Crippen LogP contribution >= 0.6 is 22.6 Å². The molecule has 2 nitrogen and oxygen atoms in total. The first-order valence-electron chi connectivity index (χ1n) is 3.26. The van der Waals surface area contributed by atoms with E-state index in [4.69, 9.17) is 4.74 Å². The molecule has 0 aliphatic carbocycles. The minimum atomic E-state index is -0.304. The number of rotatable bonds is 0. The van der Waals surface area contributed by atoms with Crippen molar-refractivity contribution in [2.75, 3.05) is 0 Å². The number of hydrogen-bond acceptors (Lipinski definition) is 2. The highest BCUT2D eigenvalue weighted by Gasteiger charge is 2.47. The molecule has 1 aliphatic heterocycles. The first-order chi connectivity index (χ1) is 4.33. The second-order valence-electron chi connectivity index (χ2n) is 3.52. The maximum atomic E-state index is 11.1. The molecule has 3 heteroatoms. The molecule has 1 unspecified atom stereocenters. The zero-order valence-corrected chi connectivity index (χ0v) is 8.56. The first-order valence-corrected chi connectivity index (χ1v) is 4.34. The number of alkyl halides is 1. The summed E-state index contributed by atoms with van der Waals surface area (Å²) < 4.78 is 4.81. The van der Waals surface area contributed by atoms with E-state index in [2.05, 4.69) is 22.6 Å². The van der Waals surface area contributed by atoms with Gasteiger partial charge in [-0.2, -0.15) is 0 Å². The van der Waals surface area contributed by atoms with Crippen molar-refractivity contribution in [3.63, 3.8) is 0 Å². The average Bonchev–Trinajstić information content (AvgIpc) is 1.73. The van der Waals surface area contributed by atoms with Gasteiger partial charge in [-0.3, -0.25) is 4.79 Å². The molecule has 0 amide bonds. The fourth-order valence-corrected chi connectivity index (χ4v) is 2.29. The normalized spacial score (nSPS) is 37.8. The van der Waals surface area contributed by atoms with Crippen molar-refractivity contribution in [3.05, 3.63) is 0 Å². The number of halogens is 1. The number of esters is 1. The Balaban J connectivity index is 2.81. The summed E-state index contributed by atoms with van der Waals surface area (Å²) in [5.74, 6) is -0.0851. The summed E-state index contributed by atoms with van der Waals surface area (Å²) in [4.78, 5) is 11.1. The van der Waals surface area contributed by atoms with Gasteiger partial charge in [-0.1, -0.05) is 22.6 Å². The Morgan fingerprint density at radius 3 is 2.10 bits per heavy atom. The second-order valence-corrected chi connectivity index (χ2v) is 5.90. The predicted molar refractivity (Wildman–Crippen MR) is 47.2 cm³/mol. The third-order valence-corrected chi connectivity index (χ3v) is 2.37. The Hall–Kier alpha value is 0.200. The van der Waals surface area contributed by atoms with Gasteiger partial charge in [0.15, 0.2) is 0 Å². The standard InChI is InChI=1S/C7H11IO2/c1-6(2)4-7(3,8)5(9)10-6/h4H2,1-3H3. The Bertz CT molecular complexity index is 172. The fraction of sp³-hybridized carbons (Fsp3) is 0.857. The van der Waals surface area contributed by atoms with Crippen LogP contribution in [-0.4, -0.2) is 15.0 Å². The van der Waals surface area contributed by atoms with Gasteiger partial charge in [0.25, 0.3) is 0 Å². The lowest BCUT2D eigenvalue weighted by Gasteiger charge is -2.15. The monoisotopic (exact) mass is 254 g/mol. The minimum absolute atomic E-state index is 0.0851. The van der Waals surface area contributed by atoms with Crippen molar-refractivity contribution in [3.8, 4) is 0 Å². The van der Waals surface area contributed by atoms with E-state index in [-0.39, 0.29) is 15.0 Å². The van der Waals surface area contributed by atoms with E-state index in [1.807, 2.05) is 20.8 Å². The molecule has 0 aromatic rings. The molecule has 0 bridgehead atoms. The van der Waals surface area contributed by atoms with Gasteiger partial charge in [0, 0.05) is 6.42 Å². The lowest BCUT2D eigenvalue weighted by molar-refractivity contribution is -0.146. The summed E-state index contributed by atoms with van der Waals surface area (Å²) >= 11 is 2.14. The number of carbonyl (C=O) groups is 1. The highest BCUT2D eigenvalue weighted by atomic mass is 127. The van der Waals surface area contributed by atoms with Crippen LogP contribution in [0.25, 0.3) is 0 Å². The van der Waals surface area contributed by atoms with Gasteiger partial charge in [-0.05, 0) is 20.8 Å². The van der Waals surface area contributed by atoms with Crippen LogP contribution in [0, 0.1) is 0 Å². The lowest BCUT2D eigenvalue weighted by Crippen LogP contribution is -2.21. The minimum Gasteiger partial charge on any atom is -0.459 e. The molecule has 0 aromatic heterocycles. The van der Waals surface area contributed by atoms with Gasteiger partial charge in [-0.25, -0.2) is 0 Å². The highest BCUT2D eigenvalue weighted by Crippen LogP contribution is 2.39. The van der Waals surface area contributed by atoms with E-state index in [0.717, 1.165) is 6.42 Å². The molecule has 1 saturated heterocycles. The Labute approximate surface area is 74.5 Å². The predicted octanol–water partition coefficient (Wildman–Crippen LogP) is 1.91. The van der Waals surface area contributed by atoms with Crippen molar-refractivity contribution in [2.45, 2.75) is 36.2 Å². The zero-order chi connectivity index (χ0) is 7.99. The molecule has 1 heterocycles. The Morgan fingerprint density at radius 2 is 2.00 bits per heavy atom. The molecule has 0 N–H and O–H groups in total. The van der Waals surface area contributed by atoms with Gasteiger partial charge >= 0.3 is 5.97 Å². The van der Waals surface area contributed by atoms with Gasteiger partial charge in [-0.15, -0.1) is 0 Å². The summed E-state index contributed by atoms with van der Waals surface area (Å²) in [6, 6.07) is 0. The van der Waals surface area contributed by atoms with Crippen molar-refractivity contribution in [1.82, 2.24) is 0 Å². The van der Waals surface area contributed by atoms with E-state index in [1.165, 1.54) is 0 Å². The van der Waals surface area contributed by atoms with E-state index in [9.17, 15) is 4.79 Å². The third kappa shape index (κ3) is 1.44. The largest absolute Gasteiger partial charge is 0.459 e. The fourth-order valence-electron chi connectivity index (χ4n) is 1.27. The summed E-state index contributed by atoms with van der Waals surface area (Å²) in [5.41, 5.74) is -0.257. The van der Waals surface area contributed by atoms with Crippen molar-refractivity contribution in [2.24, 2.45) is 0 Å². The number of hydrogen-bond donors (Lipinski definition) is 0. The Morgan fingerprint density at radius 1 is 1.50 bits per heavy atom. The van der Waals surface area contributed by atoms with Crippen LogP contribution in [0.2, 0.25) is 0 Å². The van der Waals surface area contributed by atoms with Crippen molar-refractivity contribution < 1.29 is 9.53 Å². The van der Waals surface area contributed by atoms with Crippen LogP contribution in [-0.2, 0) is 9.53 Å². The molecule has 0 radical (unpaired) electrons. The molecule has 1 atom stereocenters. The van der Waals surface area contributed by atoms with Crippen LogP contribution in [0.15, 0.2) is 0 Å². The quantitative estimate of drug-likeness (QED) is 0.375. The van der Waals surface area contributed by atoms with Gasteiger partial charge in [0.2, 0.25) is 0 Å². The topological polar surface area (TPSA) is 26.3 Å². The van der Waals surface area contributed by atoms with Crippen LogP contribution in [0.5, 0.6) is 0 Å². The average molecular weight is 254 g/mol. The zero-order valence-electron chi connectivity index (χ0n) is 6.40. The molecule has 0 saturated carbocycles. The van der Waals surface area contributed by atoms with E-state index >= 15 is 0 Å². The summed E-state index contributed by atoms with van der Waals surface area (Å²) in [7, 11) is 0. The molecule has 10 heavy (non-hydrogen) atoms. The van der Waals surface area contributed by atoms with E-state index in [0.29, 0.717) is 0 Å². The van der Waals surface area contributed by atoms with E-state index < -0.39 is 0 Å².